The number of nitrogen functional groups attached to an aromatic ring is 1. The van der Waals surface area contributed by atoms with Gasteiger partial charge >= 0.3 is 0 Å². The molecule has 0 atom stereocenters. The number of aromatic nitrogens is 3. The summed E-state index contributed by atoms with van der Waals surface area (Å²) >= 11 is 0. The summed E-state index contributed by atoms with van der Waals surface area (Å²) in [6, 6.07) is 8.17. The number of anilines is 1. The van der Waals surface area contributed by atoms with Gasteiger partial charge in [0, 0.05) is 37.4 Å². The summed E-state index contributed by atoms with van der Waals surface area (Å²) in [6.45, 7) is 1.98. The standard InChI is InChI=1S/C14H16N4/c15-13-3-2-12-4-8-18(14(12)10-13)7-1-6-17-9-5-16-11-17/h2-5,8-11H,1,6-7,15H2. The van der Waals surface area contributed by atoms with Crippen LogP contribution in [0.2, 0.25) is 0 Å². The molecule has 2 heterocycles. The largest absolute Gasteiger partial charge is 0.399 e. The summed E-state index contributed by atoms with van der Waals surface area (Å²) in [5.74, 6) is 0. The number of aryl methyl sites for hydroxylation is 2. The Labute approximate surface area is 106 Å². The number of imidazole rings is 1. The Morgan fingerprint density at radius 1 is 1.11 bits per heavy atom. The van der Waals surface area contributed by atoms with Gasteiger partial charge < -0.3 is 14.9 Å². The molecule has 2 N–H and O–H groups in total. The maximum Gasteiger partial charge on any atom is 0.0945 e. The molecule has 3 aromatic rings. The summed E-state index contributed by atoms with van der Waals surface area (Å²) in [6.07, 6.45) is 8.86. The zero-order valence-corrected chi connectivity index (χ0v) is 10.2. The molecule has 18 heavy (non-hydrogen) atoms. The number of nitrogens with zero attached hydrogens (tertiary/aromatic N) is 3. The fourth-order valence-electron chi connectivity index (χ4n) is 2.24. The molecular weight excluding hydrogens is 224 g/mol. The topological polar surface area (TPSA) is 48.8 Å². The summed E-state index contributed by atoms with van der Waals surface area (Å²) < 4.78 is 4.35. The van der Waals surface area contributed by atoms with Crippen molar-refractivity contribution in [2.24, 2.45) is 0 Å². The van der Waals surface area contributed by atoms with Crippen molar-refractivity contribution in [1.29, 1.82) is 0 Å². The van der Waals surface area contributed by atoms with Crippen molar-refractivity contribution in [2.75, 3.05) is 5.73 Å². The van der Waals surface area contributed by atoms with Crippen LogP contribution in [0.15, 0.2) is 49.2 Å². The molecule has 0 amide bonds. The maximum atomic E-state index is 5.83. The first kappa shape index (κ1) is 10.9. The van der Waals surface area contributed by atoms with E-state index in [0.29, 0.717) is 0 Å². The van der Waals surface area contributed by atoms with E-state index in [-0.39, 0.29) is 0 Å². The van der Waals surface area contributed by atoms with Crippen LogP contribution < -0.4 is 5.73 Å². The van der Waals surface area contributed by atoms with E-state index < -0.39 is 0 Å². The van der Waals surface area contributed by atoms with E-state index in [1.54, 1.807) is 0 Å². The molecular formula is C14H16N4. The Balaban J connectivity index is 1.72. The summed E-state index contributed by atoms with van der Waals surface area (Å²) in [5, 5.41) is 1.24. The van der Waals surface area contributed by atoms with Gasteiger partial charge in [0.25, 0.3) is 0 Å². The van der Waals surface area contributed by atoms with E-state index >= 15 is 0 Å². The first-order valence-corrected chi connectivity index (χ1v) is 6.13. The molecule has 0 radical (unpaired) electrons. The normalized spacial score (nSPS) is 11.1. The molecule has 1 aromatic carbocycles. The number of hydrogen-bond donors (Lipinski definition) is 1. The zero-order chi connectivity index (χ0) is 12.4. The molecule has 0 aliphatic rings. The third-order valence-electron chi connectivity index (χ3n) is 3.17. The first-order chi connectivity index (χ1) is 8.83. The minimum Gasteiger partial charge on any atom is -0.399 e. The molecule has 0 spiro atoms. The van der Waals surface area contributed by atoms with Crippen LogP contribution in [0.3, 0.4) is 0 Å². The Morgan fingerprint density at radius 2 is 2.06 bits per heavy atom. The van der Waals surface area contributed by atoms with Gasteiger partial charge in [-0.2, -0.15) is 0 Å². The van der Waals surface area contributed by atoms with Crippen LogP contribution in [0.5, 0.6) is 0 Å². The molecule has 0 saturated carbocycles. The van der Waals surface area contributed by atoms with Gasteiger partial charge in [-0.15, -0.1) is 0 Å². The van der Waals surface area contributed by atoms with E-state index in [9.17, 15) is 0 Å². The van der Waals surface area contributed by atoms with Crippen molar-refractivity contribution in [1.82, 2.24) is 14.1 Å². The lowest BCUT2D eigenvalue weighted by atomic mass is 10.2. The molecule has 2 aromatic heterocycles. The monoisotopic (exact) mass is 240 g/mol. The third-order valence-corrected chi connectivity index (χ3v) is 3.17. The lowest BCUT2D eigenvalue weighted by Gasteiger charge is -2.06. The molecule has 0 fully saturated rings. The fourth-order valence-corrected chi connectivity index (χ4v) is 2.24. The van der Waals surface area contributed by atoms with E-state index in [2.05, 4.69) is 32.4 Å². The quantitative estimate of drug-likeness (QED) is 0.712. The van der Waals surface area contributed by atoms with Crippen molar-refractivity contribution in [3.05, 3.63) is 49.2 Å². The van der Waals surface area contributed by atoms with Crippen LogP contribution in [0.25, 0.3) is 10.9 Å². The third kappa shape index (κ3) is 2.09. The minimum absolute atomic E-state index is 0.817. The zero-order valence-electron chi connectivity index (χ0n) is 10.2. The van der Waals surface area contributed by atoms with Crippen LogP contribution in [0, 0.1) is 0 Å². The van der Waals surface area contributed by atoms with Crippen molar-refractivity contribution in [3.8, 4) is 0 Å². The van der Waals surface area contributed by atoms with Gasteiger partial charge in [-0.3, -0.25) is 0 Å². The van der Waals surface area contributed by atoms with Crippen LogP contribution in [-0.4, -0.2) is 14.1 Å². The van der Waals surface area contributed by atoms with Crippen LogP contribution in [0.1, 0.15) is 6.42 Å². The van der Waals surface area contributed by atoms with Gasteiger partial charge in [0.05, 0.1) is 11.8 Å². The molecule has 0 aliphatic heterocycles. The predicted molar refractivity (Wildman–Crippen MR) is 73.2 cm³/mol. The van der Waals surface area contributed by atoms with Gasteiger partial charge in [0.15, 0.2) is 0 Å². The highest BCUT2D eigenvalue weighted by Crippen LogP contribution is 2.19. The Morgan fingerprint density at radius 3 is 2.89 bits per heavy atom. The average molecular weight is 240 g/mol. The van der Waals surface area contributed by atoms with E-state index in [1.807, 2.05) is 30.9 Å². The average Bonchev–Trinajstić information content (AvgIpc) is 2.99. The van der Waals surface area contributed by atoms with E-state index in [1.165, 1.54) is 10.9 Å². The highest BCUT2D eigenvalue weighted by atomic mass is 15.0. The molecule has 0 unspecified atom stereocenters. The van der Waals surface area contributed by atoms with Crippen molar-refractivity contribution in [3.63, 3.8) is 0 Å². The van der Waals surface area contributed by atoms with E-state index in [4.69, 9.17) is 5.73 Å². The second-order valence-corrected chi connectivity index (χ2v) is 4.48. The van der Waals surface area contributed by atoms with Crippen molar-refractivity contribution < 1.29 is 0 Å². The molecule has 0 bridgehead atoms. The van der Waals surface area contributed by atoms with Gasteiger partial charge in [0.2, 0.25) is 0 Å². The number of nitrogens with two attached hydrogens (primary N) is 1. The van der Waals surface area contributed by atoms with Crippen molar-refractivity contribution in [2.45, 2.75) is 19.5 Å². The number of rotatable bonds is 4. The highest BCUT2D eigenvalue weighted by Gasteiger charge is 2.01. The van der Waals surface area contributed by atoms with Gasteiger partial charge in [0.1, 0.15) is 0 Å². The smallest absolute Gasteiger partial charge is 0.0945 e. The molecule has 4 nitrogen and oxygen atoms in total. The highest BCUT2D eigenvalue weighted by molar-refractivity contribution is 5.83. The Kier molecular flexibility index (Phi) is 2.76. The lowest BCUT2D eigenvalue weighted by molar-refractivity contribution is 0.573. The summed E-state index contributed by atoms with van der Waals surface area (Å²) in [7, 11) is 0. The van der Waals surface area contributed by atoms with Gasteiger partial charge in [-0.1, -0.05) is 6.07 Å². The van der Waals surface area contributed by atoms with Crippen LogP contribution in [-0.2, 0) is 13.1 Å². The molecule has 3 rings (SSSR count). The second-order valence-electron chi connectivity index (χ2n) is 4.48. The molecule has 92 valence electrons. The SMILES string of the molecule is Nc1ccc2ccn(CCCn3ccnc3)c2c1. The fraction of sp³-hybridized carbons (Fsp3) is 0.214. The number of hydrogen-bond acceptors (Lipinski definition) is 2. The lowest BCUT2D eigenvalue weighted by Crippen LogP contribution is -2.01. The Bertz CT molecular complexity index is 637. The van der Waals surface area contributed by atoms with Crippen molar-refractivity contribution >= 4 is 16.6 Å². The first-order valence-electron chi connectivity index (χ1n) is 6.13. The van der Waals surface area contributed by atoms with E-state index in [0.717, 1.165) is 25.2 Å². The number of fused-ring (bicyclic) bond motifs is 1. The Hall–Kier alpha value is -2.23. The summed E-state index contributed by atoms with van der Waals surface area (Å²) in [5.41, 5.74) is 7.86. The molecule has 4 heteroatoms. The van der Waals surface area contributed by atoms with Crippen LogP contribution in [0.4, 0.5) is 5.69 Å². The minimum atomic E-state index is 0.817. The van der Waals surface area contributed by atoms with Crippen LogP contribution >= 0.6 is 0 Å². The second kappa shape index (κ2) is 4.56. The number of benzene rings is 1. The van der Waals surface area contributed by atoms with Gasteiger partial charge in [-0.05, 0) is 30.0 Å². The molecule has 0 aliphatic carbocycles. The summed E-state index contributed by atoms with van der Waals surface area (Å²) in [4.78, 5) is 4.04. The maximum absolute atomic E-state index is 5.83. The molecule has 0 saturated heterocycles. The predicted octanol–water partition coefficient (Wildman–Crippen LogP) is 2.51. The van der Waals surface area contributed by atoms with Gasteiger partial charge in [-0.25, -0.2) is 4.98 Å².